The number of ether oxygens (including phenoxy) is 2. The molecule has 31 heavy (non-hydrogen) atoms. The van der Waals surface area contributed by atoms with Crippen LogP contribution in [0, 0.1) is 6.92 Å². The number of thiocarbonyl (C=S) groups is 1. The highest BCUT2D eigenvalue weighted by Gasteiger charge is 2.36. The molecule has 0 aliphatic carbocycles. The number of carbonyl (C=O) groups is 1. The lowest BCUT2D eigenvalue weighted by Crippen LogP contribution is -2.51. The predicted molar refractivity (Wildman–Crippen MR) is 125 cm³/mol. The van der Waals surface area contributed by atoms with E-state index >= 15 is 0 Å². The van der Waals surface area contributed by atoms with Crippen molar-refractivity contribution in [2.45, 2.75) is 19.9 Å². The highest BCUT2D eigenvalue weighted by molar-refractivity contribution is 7.80. The monoisotopic (exact) mass is 437 g/mol. The number of anilines is 1. The van der Waals surface area contributed by atoms with Gasteiger partial charge in [-0.3, -0.25) is 9.69 Å². The van der Waals surface area contributed by atoms with Gasteiger partial charge in [0.05, 0.1) is 31.9 Å². The van der Waals surface area contributed by atoms with Crippen LogP contribution in [0.15, 0.2) is 59.8 Å². The van der Waals surface area contributed by atoms with Crippen LogP contribution in [0.1, 0.15) is 24.1 Å². The molecule has 2 aliphatic heterocycles. The number of benzene rings is 2. The van der Waals surface area contributed by atoms with E-state index < -0.39 is 0 Å². The van der Waals surface area contributed by atoms with Crippen LogP contribution >= 0.6 is 12.2 Å². The van der Waals surface area contributed by atoms with Crippen molar-refractivity contribution >= 4 is 28.9 Å². The largest absolute Gasteiger partial charge is 0.497 e. The van der Waals surface area contributed by atoms with Crippen LogP contribution in [0.2, 0.25) is 0 Å². The summed E-state index contributed by atoms with van der Waals surface area (Å²) in [5.41, 5.74) is 4.60. The highest BCUT2D eigenvalue weighted by Crippen LogP contribution is 2.35. The van der Waals surface area contributed by atoms with Gasteiger partial charge in [-0.15, -0.1) is 0 Å². The fourth-order valence-corrected chi connectivity index (χ4v) is 4.37. The number of nitrogens with zero attached hydrogens (tertiary/aromatic N) is 2. The Morgan fingerprint density at radius 1 is 1.06 bits per heavy atom. The number of rotatable bonds is 4. The van der Waals surface area contributed by atoms with Crippen LogP contribution in [0.5, 0.6) is 5.75 Å². The van der Waals surface area contributed by atoms with Crippen molar-refractivity contribution in [2.24, 2.45) is 0 Å². The van der Waals surface area contributed by atoms with Crippen molar-refractivity contribution in [3.63, 3.8) is 0 Å². The van der Waals surface area contributed by atoms with E-state index in [0.29, 0.717) is 37.0 Å². The fraction of sp³-hybridized carbons (Fsp3) is 0.333. The van der Waals surface area contributed by atoms with Crippen LogP contribution < -0.4 is 15.0 Å². The Hall–Kier alpha value is -2.90. The molecule has 1 fully saturated rings. The van der Waals surface area contributed by atoms with E-state index in [1.54, 1.807) is 7.11 Å². The van der Waals surface area contributed by atoms with Crippen LogP contribution in [0.3, 0.4) is 0 Å². The molecule has 0 aromatic heterocycles. The number of allylic oxidation sites excluding steroid dienone is 1. The average molecular weight is 438 g/mol. The maximum absolute atomic E-state index is 13.7. The molecule has 2 aromatic rings. The van der Waals surface area contributed by atoms with E-state index in [-0.39, 0.29) is 11.9 Å². The molecule has 2 aromatic carbocycles. The molecule has 4 rings (SSSR count). The molecule has 0 radical (unpaired) electrons. The molecular formula is C24H27N3O3S. The fourth-order valence-electron chi connectivity index (χ4n) is 4.01. The molecule has 6 nitrogen and oxygen atoms in total. The van der Waals surface area contributed by atoms with Crippen LogP contribution in [0.4, 0.5) is 5.69 Å². The molecule has 1 amide bonds. The topological polar surface area (TPSA) is 54.0 Å². The smallest absolute Gasteiger partial charge is 0.254 e. The number of carbonyl (C=O) groups excluding carboxylic acids is 1. The van der Waals surface area contributed by atoms with Gasteiger partial charge in [0.2, 0.25) is 0 Å². The third kappa shape index (κ3) is 4.29. The van der Waals surface area contributed by atoms with Gasteiger partial charge in [-0.25, -0.2) is 0 Å². The molecule has 1 saturated heterocycles. The second-order valence-electron chi connectivity index (χ2n) is 7.73. The standard InChI is InChI=1S/C24H27N3O3S/c1-16-4-6-18(7-5-16)22-21(23(28)26-12-14-30-15-13-26)17(2)27(24(31)25-22)19-8-10-20(29-3)11-9-19/h4-11,22H,12-15H2,1-3H3,(H,25,31). The molecule has 7 heteroatoms. The van der Waals surface area contributed by atoms with Crippen molar-refractivity contribution in [1.29, 1.82) is 0 Å². The Morgan fingerprint density at radius 3 is 2.32 bits per heavy atom. The highest BCUT2D eigenvalue weighted by atomic mass is 32.1. The van der Waals surface area contributed by atoms with Gasteiger partial charge in [0.25, 0.3) is 5.91 Å². The number of hydrogen-bond acceptors (Lipinski definition) is 4. The van der Waals surface area contributed by atoms with Crippen molar-refractivity contribution in [3.8, 4) is 5.75 Å². The van der Waals surface area contributed by atoms with Crippen LogP contribution in [-0.2, 0) is 9.53 Å². The zero-order valence-electron chi connectivity index (χ0n) is 18.1. The van der Waals surface area contributed by atoms with E-state index in [9.17, 15) is 4.79 Å². The Morgan fingerprint density at radius 2 is 1.71 bits per heavy atom. The zero-order chi connectivity index (χ0) is 22.0. The van der Waals surface area contributed by atoms with Gasteiger partial charge in [-0.2, -0.15) is 0 Å². The molecule has 0 spiro atoms. The summed E-state index contributed by atoms with van der Waals surface area (Å²) < 4.78 is 10.7. The van der Waals surface area contributed by atoms with Gasteiger partial charge in [0.15, 0.2) is 5.11 Å². The Bertz CT molecular complexity index is 996. The van der Waals surface area contributed by atoms with Gasteiger partial charge >= 0.3 is 0 Å². The van der Waals surface area contributed by atoms with E-state index in [0.717, 1.165) is 22.7 Å². The summed E-state index contributed by atoms with van der Waals surface area (Å²) in [4.78, 5) is 17.5. The molecule has 2 heterocycles. The van der Waals surface area contributed by atoms with E-state index in [4.69, 9.17) is 21.7 Å². The third-order valence-electron chi connectivity index (χ3n) is 5.75. The summed E-state index contributed by atoms with van der Waals surface area (Å²) in [6, 6.07) is 15.6. The Kier molecular flexibility index (Phi) is 6.25. The zero-order valence-corrected chi connectivity index (χ0v) is 18.9. The number of nitrogens with one attached hydrogen (secondary N) is 1. The quantitative estimate of drug-likeness (QED) is 0.738. The molecule has 1 atom stereocenters. The lowest BCUT2D eigenvalue weighted by atomic mass is 9.93. The summed E-state index contributed by atoms with van der Waals surface area (Å²) in [6.45, 7) is 6.30. The lowest BCUT2D eigenvalue weighted by molar-refractivity contribution is -0.131. The minimum atomic E-state index is -0.307. The summed E-state index contributed by atoms with van der Waals surface area (Å²) in [7, 11) is 1.64. The van der Waals surface area contributed by atoms with E-state index in [1.165, 1.54) is 5.56 Å². The number of aryl methyl sites for hydroxylation is 1. The molecular weight excluding hydrogens is 410 g/mol. The van der Waals surface area contributed by atoms with Crippen LogP contribution in [0.25, 0.3) is 0 Å². The maximum Gasteiger partial charge on any atom is 0.254 e. The molecule has 2 aliphatic rings. The molecule has 162 valence electrons. The molecule has 0 bridgehead atoms. The molecule has 0 saturated carbocycles. The first-order valence-electron chi connectivity index (χ1n) is 10.4. The van der Waals surface area contributed by atoms with Crippen molar-refractivity contribution in [1.82, 2.24) is 10.2 Å². The summed E-state index contributed by atoms with van der Waals surface area (Å²) in [5.74, 6) is 0.781. The maximum atomic E-state index is 13.7. The number of amides is 1. The van der Waals surface area contributed by atoms with Gasteiger partial charge < -0.3 is 19.7 Å². The van der Waals surface area contributed by atoms with Gasteiger partial charge in [-0.1, -0.05) is 29.8 Å². The second kappa shape index (κ2) is 9.08. The normalized spacial score (nSPS) is 19.3. The third-order valence-corrected chi connectivity index (χ3v) is 6.06. The number of morpholine rings is 1. The first-order chi connectivity index (χ1) is 15.0. The molecule has 1 N–H and O–H groups in total. The number of methoxy groups -OCH3 is 1. The van der Waals surface area contributed by atoms with Crippen LogP contribution in [-0.4, -0.2) is 49.3 Å². The molecule has 1 unspecified atom stereocenters. The summed E-state index contributed by atoms with van der Waals surface area (Å²) in [5, 5.41) is 3.98. The van der Waals surface area contributed by atoms with Crippen molar-refractivity contribution in [2.75, 3.05) is 38.3 Å². The van der Waals surface area contributed by atoms with E-state index in [2.05, 4.69) is 36.5 Å². The SMILES string of the molecule is COc1ccc(N2C(=S)NC(c3ccc(C)cc3)C(C(=O)N3CCOCC3)=C2C)cc1. The number of hydrogen-bond donors (Lipinski definition) is 1. The lowest BCUT2D eigenvalue weighted by Gasteiger charge is -2.40. The van der Waals surface area contributed by atoms with Gasteiger partial charge in [0, 0.05) is 24.5 Å². The Balaban J connectivity index is 1.79. The van der Waals surface area contributed by atoms with Crippen molar-refractivity contribution in [3.05, 3.63) is 70.9 Å². The van der Waals surface area contributed by atoms with Crippen molar-refractivity contribution < 1.29 is 14.3 Å². The first-order valence-corrected chi connectivity index (χ1v) is 10.8. The van der Waals surface area contributed by atoms with E-state index in [1.807, 2.05) is 41.0 Å². The second-order valence-corrected chi connectivity index (χ2v) is 8.12. The summed E-state index contributed by atoms with van der Waals surface area (Å²) >= 11 is 5.75. The van der Waals surface area contributed by atoms with Gasteiger partial charge in [-0.05, 0) is 55.9 Å². The Labute approximate surface area is 188 Å². The minimum absolute atomic E-state index is 0.0138. The average Bonchev–Trinajstić information content (AvgIpc) is 2.80. The first kappa shape index (κ1) is 21.3. The van der Waals surface area contributed by atoms with Gasteiger partial charge in [0.1, 0.15) is 5.75 Å². The minimum Gasteiger partial charge on any atom is -0.497 e. The predicted octanol–water partition coefficient (Wildman–Crippen LogP) is 3.57. The summed E-state index contributed by atoms with van der Waals surface area (Å²) in [6.07, 6.45) is 0.